The molecule has 4 rings (SSSR count). The maximum atomic E-state index is 12.5. The van der Waals surface area contributed by atoms with E-state index in [-0.39, 0.29) is 12.3 Å². The number of aryl methyl sites for hydroxylation is 1. The standard InChI is InChI=1S/C25H20ClN3O3/c1-16-15-29(25(32)28-24(16)31)22-11-9-21(10-12-22)27-23(30)14-17-3-2-4-19(13-17)18-5-7-20(26)8-6-18/h2-13,15H,14H2,1H3,(H,27,30)(H,28,31,32). The van der Waals surface area contributed by atoms with Crippen molar-refractivity contribution in [1.29, 1.82) is 0 Å². The summed E-state index contributed by atoms with van der Waals surface area (Å²) in [5.41, 5.74) is 3.64. The number of aromatic amines is 1. The first-order valence-electron chi connectivity index (χ1n) is 9.97. The molecule has 0 fully saturated rings. The Morgan fingerprint density at radius 2 is 1.69 bits per heavy atom. The zero-order valence-electron chi connectivity index (χ0n) is 17.3. The average molecular weight is 446 g/mol. The fourth-order valence-electron chi connectivity index (χ4n) is 3.36. The molecule has 0 atom stereocenters. The Hall–Kier alpha value is -3.90. The molecule has 0 aliphatic heterocycles. The number of nitrogens with zero attached hydrogens (tertiary/aromatic N) is 1. The number of H-pyrrole nitrogens is 1. The summed E-state index contributed by atoms with van der Waals surface area (Å²) in [6, 6.07) is 22.2. The lowest BCUT2D eigenvalue weighted by Crippen LogP contribution is -2.29. The Balaban J connectivity index is 1.45. The molecule has 0 radical (unpaired) electrons. The van der Waals surface area contributed by atoms with Gasteiger partial charge in [0.2, 0.25) is 5.91 Å². The minimum absolute atomic E-state index is 0.150. The number of halogens is 1. The molecule has 160 valence electrons. The van der Waals surface area contributed by atoms with Gasteiger partial charge in [0.25, 0.3) is 5.56 Å². The van der Waals surface area contributed by atoms with Crippen LogP contribution in [0.1, 0.15) is 11.1 Å². The molecule has 1 aromatic heterocycles. The predicted octanol–water partition coefficient (Wildman–Crippen LogP) is 4.34. The fourth-order valence-corrected chi connectivity index (χ4v) is 3.48. The first-order valence-corrected chi connectivity index (χ1v) is 10.3. The van der Waals surface area contributed by atoms with Gasteiger partial charge in [-0.05, 0) is 60.0 Å². The molecule has 0 saturated heterocycles. The highest BCUT2D eigenvalue weighted by Crippen LogP contribution is 2.23. The molecule has 0 unspecified atom stereocenters. The molecule has 1 amide bonds. The van der Waals surface area contributed by atoms with Crippen molar-refractivity contribution < 1.29 is 4.79 Å². The van der Waals surface area contributed by atoms with Crippen LogP contribution in [0.25, 0.3) is 16.8 Å². The van der Waals surface area contributed by atoms with Crippen molar-refractivity contribution in [3.8, 4) is 16.8 Å². The highest BCUT2D eigenvalue weighted by Gasteiger charge is 2.08. The van der Waals surface area contributed by atoms with Crippen LogP contribution in [0, 0.1) is 6.92 Å². The van der Waals surface area contributed by atoms with Crippen molar-refractivity contribution in [3.05, 3.63) is 116 Å². The first kappa shape index (κ1) is 21.3. The van der Waals surface area contributed by atoms with Crippen LogP contribution in [0.3, 0.4) is 0 Å². The molecular formula is C25H20ClN3O3. The van der Waals surface area contributed by atoms with Crippen molar-refractivity contribution in [1.82, 2.24) is 9.55 Å². The van der Waals surface area contributed by atoms with Gasteiger partial charge >= 0.3 is 5.69 Å². The minimum atomic E-state index is -0.516. The molecule has 0 aliphatic carbocycles. The molecule has 1 heterocycles. The van der Waals surface area contributed by atoms with Crippen molar-refractivity contribution in [2.75, 3.05) is 5.32 Å². The number of nitrogens with one attached hydrogen (secondary N) is 2. The Labute approximate surface area is 189 Å². The summed E-state index contributed by atoms with van der Waals surface area (Å²) >= 11 is 5.96. The van der Waals surface area contributed by atoms with E-state index in [0.717, 1.165) is 16.7 Å². The number of rotatable bonds is 5. The molecule has 0 aliphatic rings. The monoisotopic (exact) mass is 445 g/mol. The highest BCUT2D eigenvalue weighted by atomic mass is 35.5. The van der Waals surface area contributed by atoms with Crippen molar-refractivity contribution in [2.24, 2.45) is 0 Å². The topological polar surface area (TPSA) is 84.0 Å². The minimum Gasteiger partial charge on any atom is -0.326 e. The molecule has 7 heteroatoms. The van der Waals surface area contributed by atoms with E-state index in [1.54, 1.807) is 31.2 Å². The van der Waals surface area contributed by atoms with Crippen molar-refractivity contribution in [3.63, 3.8) is 0 Å². The predicted molar refractivity (Wildman–Crippen MR) is 127 cm³/mol. The molecular weight excluding hydrogens is 426 g/mol. The Kier molecular flexibility index (Phi) is 6.05. The van der Waals surface area contributed by atoms with Gasteiger partial charge in [0, 0.05) is 22.5 Å². The largest absolute Gasteiger partial charge is 0.332 e. The van der Waals surface area contributed by atoms with Gasteiger partial charge in [-0.1, -0.05) is 48.0 Å². The van der Waals surface area contributed by atoms with Gasteiger partial charge in [0.15, 0.2) is 0 Å². The normalized spacial score (nSPS) is 10.7. The molecule has 4 aromatic rings. The lowest BCUT2D eigenvalue weighted by atomic mass is 10.0. The number of hydrogen-bond donors (Lipinski definition) is 2. The fraction of sp³-hybridized carbons (Fsp3) is 0.0800. The lowest BCUT2D eigenvalue weighted by Gasteiger charge is -2.09. The summed E-state index contributed by atoms with van der Waals surface area (Å²) < 4.78 is 1.35. The van der Waals surface area contributed by atoms with E-state index in [1.807, 2.05) is 48.5 Å². The van der Waals surface area contributed by atoms with Gasteiger partial charge in [-0.25, -0.2) is 4.79 Å². The van der Waals surface area contributed by atoms with Gasteiger partial charge < -0.3 is 5.32 Å². The van der Waals surface area contributed by atoms with E-state index in [2.05, 4.69) is 10.3 Å². The molecule has 0 bridgehead atoms. The Bertz CT molecular complexity index is 1390. The molecule has 32 heavy (non-hydrogen) atoms. The van der Waals surface area contributed by atoms with Crippen molar-refractivity contribution >= 4 is 23.2 Å². The second-order valence-electron chi connectivity index (χ2n) is 7.42. The number of carbonyl (C=O) groups is 1. The van der Waals surface area contributed by atoms with E-state index in [1.165, 1.54) is 10.8 Å². The average Bonchev–Trinajstić information content (AvgIpc) is 2.77. The van der Waals surface area contributed by atoms with Gasteiger partial charge in [-0.3, -0.25) is 19.1 Å². The van der Waals surface area contributed by atoms with Crippen LogP contribution in [0.4, 0.5) is 5.69 Å². The summed E-state index contributed by atoms with van der Waals surface area (Å²) in [6.45, 7) is 1.63. The van der Waals surface area contributed by atoms with Gasteiger partial charge in [0.05, 0.1) is 12.1 Å². The lowest BCUT2D eigenvalue weighted by molar-refractivity contribution is -0.115. The SMILES string of the molecule is Cc1cn(-c2ccc(NC(=O)Cc3cccc(-c4ccc(Cl)cc4)c3)cc2)c(=O)[nH]c1=O. The third-order valence-corrected chi connectivity index (χ3v) is 5.27. The zero-order chi connectivity index (χ0) is 22.7. The number of carbonyl (C=O) groups excluding carboxylic acids is 1. The third-order valence-electron chi connectivity index (χ3n) is 5.02. The maximum Gasteiger partial charge on any atom is 0.332 e. The van der Waals surface area contributed by atoms with Crippen LogP contribution in [0.15, 0.2) is 88.6 Å². The zero-order valence-corrected chi connectivity index (χ0v) is 18.0. The number of hydrogen-bond acceptors (Lipinski definition) is 3. The first-order chi connectivity index (χ1) is 15.4. The van der Waals surface area contributed by atoms with Crippen LogP contribution in [-0.2, 0) is 11.2 Å². The number of amides is 1. The maximum absolute atomic E-state index is 12.5. The number of anilines is 1. The molecule has 3 aromatic carbocycles. The van der Waals surface area contributed by atoms with Crippen molar-refractivity contribution in [2.45, 2.75) is 13.3 Å². The molecule has 6 nitrogen and oxygen atoms in total. The Morgan fingerprint density at radius 1 is 0.969 bits per heavy atom. The van der Waals surface area contributed by atoms with Crippen LogP contribution in [0.2, 0.25) is 5.02 Å². The van der Waals surface area contributed by atoms with Gasteiger partial charge in [0.1, 0.15) is 0 Å². The molecule has 2 N–H and O–H groups in total. The molecule has 0 saturated carbocycles. The van der Waals surface area contributed by atoms with E-state index in [4.69, 9.17) is 11.6 Å². The van der Waals surface area contributed by atoms with Crippen LogP contribution >= 0.6 is 11.6 Å². The van der Waals surface area contributed by atoms with Gasteiger partial charge in [-0.2, -0.15) is 0 Å². The van der Waals surface area contributed by atoms with Crippen LogP contribution in [-0.4, -0.2) is 15.5 Å². The van der Waals surface area contributed by atoms with E-state index >= 15 is 0 Å². The second kappa shape index (κ2) is 9.08. The van der Waals surface area contributed by atoms with Crippen LogP contribution < -0.4 is 16.6 Å². The van der Waals surface area contributed by atoms with Gasteiger partial charge in [-0.15, -0.1) is 0 Å². The van der Waals surface area contributed by atoms with E-state index < -0.39 is 11.2 Å². The summed E-state index contributed by atoms with van der Waals surface area (Å²) in [7, 11) is 0. The number of benzene rings is 3. The quantitative estimate of drug-likeness (QED) is 0.479. The second-order valence-corrected chi connectivity index (χ2v) is 7.86. The smallest absolute Gasteiger partial charge is 0.326 e. The van der Waals surface area contributed by atoms with E-state index in [0.29, 0.717) is 22.0 Å². The highest BCUT2D eigenvalue weighted by molar-refractivity contribution is 6.30. The Morgan fingerprint density at radius 3 is 2.41 bits per heavy atom. The molecule has 0 spiro atoms. The summed E-state index contributed by atoms with van der Waals surface area (Å²) in [6.07, 6.45) is 1.71. The third kappa shape index (κ3) is 4.87. The summed E-state index contributed by atoms with van der Waals surface area (Å²) in [5, 5.41) is 3.55. The van der Waals surface area contributed by atoms with Crippen LogP contribution in [0.5, 0.6) is 0 Å². The summed E-state index contributed by atoms with van der Waals surface area (Å²) in [4.78, 5) is 38.4. The van der Waals surface area contributed by atoms with E-state index in [9.17, 15) is 14.4 Å². The number of aromatic nitrogens is 2. The summed E-state index contributed by atoms with van der Waals surface area (Å²) in [5.74, 6) is -0.150.